The number of thiophene rings is 1. The van der Waals surface area contributed by atoms with Crippen molar-refractivity contribution in [2.45, 2.75) is 13.1 Å². The summed E-state index contributed by atoms with van der Waals surface area (Å²) >= 11 is 1.55. The Bertz CT molecular complexity index is 662. The van der Waals surface area contributed by atoms with Crippen molar-refractivity contribution in [2.75, 3.05) is 0 Å². The Morgan fingerprint density at radius 1 is 1.10 bits per heavy atom. The Hall–Kier alpha value is -1.91. The molecule has 0 unspecified atom stereocenters. The highest BCUT2D eigenvalue weighted by molar-refractivity contribution is 7.13. The smallest absolute Gasteiger partial charge is 0.131 e. The van der Waals surface area contributed by atoms with Crippen LogP contribution in [-0.4, -0.2) is 0 Å². The second-order valence-corrected chi connectivity index (χ2v) is 5.42. The molecule has 0 aliphatic rings. The van der Waals surface area contributed by atoms with E-state index in [1.54, 1.807) is 17.6 Å². The van der Waals surface area contributed by atoms with Crippen LogP contribution in [0.15, 0.2) is 58.5 Å². The van der Waals surface area contributed by atoms with E-state index in [-0.39, 0.29) is 5.82 Å². The summed E-state index contributed by atoms with van der Waals surface area (Å²) in [5.41, 5.74) is 1.72. The fourth-order valence-electron chi connectivity index (χ4n) is 2.05. The van der Waals surface area contributed by atoms with Gasteiger partial charge in [-0.15, -0.1) is 11.3 Å². The van der Waals surface area contributed by atoms with Gasteiger partial charge in [-0.25, -0.2) is 4.39 Å². The van der Waals surface area contributed by atoms with E-state index in [9.17, 15) is 4.39 Å². The topological polar surface area (TPSA) is 25.2 Å². The molecule has 0 atom stereocenters. The van der Waals surface area contributed by atoms with Crippen LogP contribution in [0.25, 0.3) is 10.4 Å². The highest BCUT2D eigenvalue weighted by Crippen LogP contribution is 2.28. The van der Waals surface area contributed by atoms with Gasteiger partial charge in [0.1, 0.15) is 11.6 Å². The molecule has 2 aromatic heterocycles. The molecule has 20 heavy (non-hydrogen) atoms. The zero-order chi connectivity index (χ0) is 13.8. The summed E-state index contributed by atoms with van der Waals surface area (Å²) in [4.78, 5) is 0.954. The summed E-state index contributed by atoms with van der Waals surface area (Å²) in [6.07, 6.45) is 1.66. The molecular formula is C16H14FNOS. The molecule has 0 bridgehead atoms. The fourth-order valence-corrected chi connectivity index (χ4v) is 2.79. The van der Waals surface area contributed by atoms with Crippen LogP contribution in [0.1, 0.15) is 11.3 Å². The summed E-state index contributed by atoms with van der Waals surface area (Å²) in [7, 11) is 0. The van der Waals surface area contributed by atoms with Crippen LogP contribution >= 0.6 is 11.3 Å². The first-order chi connectivity index (χ1) is 9.83. The first-order valence-electron chi connectivity index (χ1n) is 6.38. The first kappa shape index (κ1) is 13.1. The number of hydrogen-bond donors (Lipinski definition) is 1. The molecule has 0 amide bonds. The third-order valence-corrected chi connectivity index (χ3v) is 3.93. The Balaban J connectivity index is 1.69. The molecule has 0 aliphatic heterocycles. The van der Waals surface area contributed by atoms with Crippen molar-refractivity contribution in [2.24, 2.45) is 0 Å². The van der Waals surface area contributed by atoms with E-state index in [0.29, 0.717) is 18.7 Å². The number of hydrogen-bond acceptors (Lipinski definition) is 3. The van der Waals surface area contributed by atoms with Gasteiger partial charge in [0.15, 0.2) is 0 Å². The maximum Gasteiger partial charge on any atom is 0.131 e. The Morgan fingerprint density at radius 3 is 2.80 bits per heavy atom. The van der Waals surface area contributed by atoms with E-state index in [4.69, 9.17) is 4.42 Å². The van der Waals surface area contributed by atoms with Crippen molar-refractivity contribution in [3.8, 4) is 10.4 Å². The number of nitrogens with one attached hydrogen (secondary N) is 1. The number of furan rings is 1. The second kappa shape index (κ2) is 6.03. The van der Waals surface area contributed by atoms with Crippen LogP contribution in [-0.2, 0) is 13.1 Å². The van der Waals surface area contributed by atoms with Gasteiger partial charge in [0.05, 0.1) is 12.8 Å². The monoisotopic (exact) mass is 287 g/mol. The minimum Gasteiger partial charge on any atom is -0.468 e. The highest BCUT2D eigenvalue weighted by Gasteiger charge is 2.07. The van der Waals surface area contributed by atoms with Gasteiger partial charge < -0.3 is 9.73 Å². The zero-order valence-electron chi connectivity index (χ0n) is 10.8. The lowest BCUT2D eigenvalue weighted by molar-refractivity contribution is 0.483. The average molecular weight is 287 g/mol. The minimum absolute atomic E-state index is 0.178. The van der Waals surface area contributed by atoms with Crippen LogP contribution in [0.4, 0.5) is 4.39 Å². The maximum atomic E-state index is 13.8. The lowest BCUT2D eigenvalue weighted by Crippen LogP contribution is -2.12. The van der Waals surface area contributed by atoms with Crippen molar-refractivity contribution in [3.05, 3.63) is 71.2 Å². The van der Waals surface area contributed by atoms with Gasteiger partial charge in [-0.1, -0.05) is 12.1 Å². The van der Waals surface area contributed by atoms with Gasteiger partial charge >= 0.3 is 0 Å². The van der Waals surface area contributed by atoms with E-state index in [2.05, 4.69) is 5.32 Å². The third-order valence-electron chi connectivity index (χ3n) is 3.03. The standard InChI is InChI=1S/C16H14FNOS/c17-15-6-5-12(9-14(15)16-4-2-8-20-16)10-18-11-13-3-1-7-19-13/h1-9,18H,10-11H2. The maximum absolute atomic E-state index is 13.8. The van der Waals surface area contributed by atoms with Crippen molar-refractivity contribution in [1.29, 1.82) is 0 Å². The lowest BCUT2D eigenvalue weighted by Gasteiger charge is -2.06. The fraction of sp³-hybridized carbons (Fsp3) is 0.125. The Labute approximate surface area is 120 Å². The van der Waals surface area contributed by atoms with E-state index in [1.165, 1.54) is 6.07 Å². The SMILES string of the molecule is Fc1ccc(CNCc2ccco2)cc1-c1cccs1. The van der Waals surface area contributed by atoms with Crippen LogP contribution < -0.4 is 5.32 Å². The summed E-state index contributed by atoms with van der Waals surface area (Å²) in [5, 5.41) is 5.24. The Kier molecular flexibility index (Phi) is 3.95. The molecule has 0 fully saturated rings. The summed E-state index contributed by atoms with van der Waals surface area (Å²) in [5.74, 6) is 0.716. The lowest BCUT2D eigenvalue weighted by atomic mass is 10.1. The van der Waals surface area contributed by atoms with Crippen molar-refractivity contribution in [1.82, 2.24) is 5.32 Å². The second-order valence-electron chi connectivity index (χ2n) is 4.47. The Morgan fingerprint density at radius 2 is 2.05 bits per heavy atom. The van der Waals surface area contributed by atoms with Gasteiger partial charge in [0.2, 0.25) is 0 Å². The van der Waals surface area contributed by atoms with E-state index >= 15 is 0 Å². The van der Waals surface area contributed by atoms with E-state index in [0.717, 1.165) is 16.2 Å². The van der Waals surface area contributed by atoms with E-state index < -0.39 is 0 Å². The van der Waals surface area contributed by atoms with Gasteiger partial charge in [-0.2, -0.15) is 0 Å². The molecule has 0 saturated heterocycles. The normalized spacial score (nSPS) is 10.8. The summed E-state index contributed by atoms with van der Waals surface area (Å²) < 4.78 is 19.1. The largest absolute Gasteiger partial charge is 0.468 e. The molecule has 1 aromatic carbocycles. The first-order valence-corrected chi connectivity index (χ1v) is 7.26. The van der Waals surface area contributed by atoms with Crippen molar-refractivity contribution < 1.29 is 8.81 Å². The summed E-state index contributed by atoms with van der Waals surface area (Å²) in [6, 6.07) is 12.9. The number of halogens is 1. The molecule has 2 heterocycles. The van der Waals surface area contributed by atoms with Crippen LogP contribution in [0.2, 0.25) is 0 Å². The van der Waals surface area contributed by atoms with Gasteiger partial charge in [-0.05, 0) is 41.3 Å². The summed E-state index contributed by atoms with van der Waals surface area (Å²) in [6.45, 7) is 1.35. The number of rotatable bonds is 5. The van der Waals surface area contributed by atoms with Gasteiger partial charge in [0.25, 0.3) is 0 Å². The van der Waals surface area contributed by atoms with Crippen LogP contribution in [0, 0.1) is 5.82 Å². The molecule has 0 saturated carbocycles. The van der Waals surface area contributed by atoms with Gasteiger partial charge in [0, 0.05) is 17.0 Å². The molecule has 1 N–H and O–H groups in total. The molecule has 0 spiro atoms. The highest BCUT2D eigenvalue weighted by atomic mass is 32.1. The average Bonchev–Trinajstić information content (AvgIpc) is 3.13. The molecule has 3 aromatic rings. The van der Waals surface area contributed by atoms with E-state index in [1.807, 2.05) is 41.8 Å². The minimum atomic E-state index is -0.178. The molecule has 0 aliphatic carbocycles. The molecule has 4 heteroatoms. The predicted molar refractivity (Wildman–Crippen MR) is 79.0 cm³/mol. The molecular weight excluding hydrogens is 273 g/mol. The van der Waals surface area contributed by atoms with Crippen molar-refractivity contribution in [3.63, 3.8) is 0 Å². The predicted octanol–water partition coefficient (Wildman–Crippen LogP) is 4.44. The molecule has 3 rings (SSSR count). The number of benzene rings is 1. The molecule has 0 radical (unpaired) electrons. The van der Waals surface area contributed by atoms with Crippen LogP contribution in [0.3, 0.4) is 0 Å². The molecule has 2 nitrogen and oxygen atoms in total. The quantitative estimate of drug-likeness (QED) is 0.750. The van der Waals surface area contributed by atoms with Gasteiger partial charge in [-0.3, -0.25) is 0 Å². The molecule has 102 valence electrons. The van der Waals surface area contributed by atoms with Crippen molar-refractivity contribution >= 4 is 11.3 Å². The van der Waals surface area contributed by atoms with Crippen LogP contribution in [0.5, 0.6) is 0 Å². The third kappa shape index (κ3) is 2.98. The zero-order valence-corrected chi connectivity index (χ0v) is 11.6.